The number of unbranched alkanes of at least 4 members (excludes halogenated alkanes) is 14. The summed E-state index contributed by atoms with van der Waals surface area (Å²) in [6.07, 6.45) is 22.9. The second-order valence-electron chi connectivity index (χ2n) is 12.8. The van der Waals surface area contributed by atoms with E-state index in [1.54, 1.807) is 0 Å². The molecule has 9 heteroatoms. The van der Waals surface area contributed by atoms with Crippen LogP contribution in [0.5, 0.6) is 5.88 Å². The highest BCUT2D eigenvalue weighted by Gasteiger charge is 2.31. The van der Waals surface area contributed by atoms with Gasteiger partial charge < -0.3 is 14.2 Å². The Bertz CT molecular complexity index is 935. The van der Waals surface area contributed by atoms with Crippen molar-refractivity contribution in [2.45, 2.75) is 149 Å². The van der Waals surface area contributed by atoms with Crippen LogP contribution in [0.4, 0.5) is 0 Å². The molecule has 1 aliphatic rings. The van der Waals surface area contributed by atoms with E-state index in [0.29, 0.717) is 36.5 Å². The summed E-state index contributed by atoms with van der Waals surface area (Å²) in [5.41, 5.74) is 2.00. The van der Waals surface area contributed by atoms with Crippen molar-refractivity contribution in [3.05, 3.63) is 11.8 Å². The summed E-state index contributed by atoms with van der Waals surface area (Å²) in [4.78, 5) is 24.0. The smallest absolute Gasteiger partial charge is 0.310 e. The molecule has 0 amide bonds. The van der Waals surface area contributed by atoms with Gasteiger partial charge in [-0.25, -0.2) is 0 Å². The normalized spacial score (nSPS) is 16.7. The Kier molecular flexibility index (Phi) is 19.5. The first-order chi connectivity index (χ1) is 20.8. The first kappa shape index (κ1) is 37.2. The van der Waals surface area contributed by atoms with Crippen LogP contribution in [-0.4, -0.2) is 64.7 Å². The molecule has 1 aromatic rings. The highest BCUT2D eigenvalue weighted by atomic mass is 32.1. The molecule has 1 aliphatic heterocycles. The predicted octanol–water partition coefficient (Wildman–Crippen LogP) is 8.64. The van der Waals surface area contributed by atoms with Crippen LogP contribution in [0.25, 0.3) is 5.57 Å². The summed E-state index contributed by atoms with van der Waals surface area (Å²) in [5, 5.41) is 0. The second-order valence-corrected chi connectivity index (χ2v) is 13.3. The number of carbonyl (C=O) groups excluding carboxylic acids is 2. The van der Waals surface area contributed by atoms with Gasteiger partial charge in [0.1, 0.15) is 12.2 Å². The van der Waals surface area contributed by atoms with Gasteiger partial charge in [0.15, 0.2) is 0 Å². The van der Waals surface area contributed by atoms with Crippen molar-refractivity contribution in [2.75, 3.05) is 33.5 Å². The fourth-order valence-corrected chi connectivity index (χ4v) is 6.02. The molecule has 43 heavy (non-hydrogen) atoms. The van der Waals surface area contributed by atoms with Crippen LogP contribution in [0.2, 0.25) is 0 Å². The Morgan fingerprint density at radius 3 is 2.02 bits per heavy atom. The van der Waals surface area contributed by atoms with E-state index in [9.17, 15) is 9.59 Å². The topological polar surface area (TPSA) is 87.6 Å². The third-order valence-electron chi connectivity index (χ3n) is 8.03. The molecule has 0 bridgehead atoms. The zero-order valence-electron chi connectivity index (χ0n) is 27.7. The van der Waals surface area contributed by atoms with E-state index in [4.69, 9.17) is 14.2 Å². The van der Waals surface area contributed by atoms with Gasteiger partial charge in [-0.05, 0) is 33.1 Å². The van der Waals surface area contributed by atoms with Crippen LogP contribution < -0.4 is 4.74 Å². The Morgan fingerprint density at radius 2 is 1.42 bits per heavy atom. The van der Waals surface area contributed by atoms with Gasteiger partial charge in [-0.2, -0.15) is 4.37 Å². The van der Waals surface area contributed by atoms with Crippen molar-refractivity contribution in [1.82, 2.24) is 8.75 Å². The largest absolute Gasteiger partial charge is 0.475 e. The first-order valence-electron chi connectivity index (χ1n) is 17.2. The molecule has 246 valence electrons. The Balaban J connectivity index is 1.47. The summed E-state index contributed by atoms with van der Waals surface area (Å²) >= 11 is 1.20. The molecule has 0 N–H and O–H groups in total. The van der Waals surface area contributed by atoms with Crippen molar-refractivity contribution < 1.29 is 28.3 Å². The molecule has 0 fully saturated rings. The lowest BCUT2D eigenvalue weighted by atomic mass is 10.0. The van der Waals surface area contributed by atoms with Crippen LogP contribution in [-0.2, 0) is 19.1 Å². The molecule has 1 aromatic heterocycles. The molecule has 0 saturated heterocycles. The highest BCUT2D eigenvalue weighted by molar-refractivity contribution is 6.99. The van der Waals surface area contributed by atoms with Crippen molar-refractivity contribution in [3.8, 4) is 5.88 Å². The maximum absolute atomic E-state index is 12.5. The lowest BCUT2D eigenvalue weighted by Crippen LogP contribution is -2.49. The van der Waals surface area contributed by atoms with E-state index < -0.39 is 0 Å². The van der Waals surface area contributed by atoms with E-state index in [-0.39, 0.29) is 18.0 Å². The van der Waals surface area contributed by atoms with Gasteiger partial charge in [0.05, 0.1) is 38.0 Å². The van der Waals surface area contributed by atoms with Crippen molar-refractivity contribution >= 4 is 29.2 Å². The van der Waals surface area contributed by atoms with Gasteiger partial charge in [-0.15, -0.1) is 4.37 Å². The SMILES string of the molecule is CCCCCCOc1nsnc1C1=CCC[N+](C)(COC(=O)CCCCCCCCCCCCCCC(=O)OC(C)C)C1. The van der Waals surface area contributed by atoms with Gasteiger partial charge in [0.25, 0.3) is 5.88 Å². The van der Waals surface area contributed by atoms with Crippen molar-refractivity contribution in [2.24, 2.45) is 0 Å². The molecule has 0 radical (unpaired) electrons. The fraction of sp³-hybridized carbons (Fsp3) is 0.824. The lowest BCUT2D eigenvalue weighted by Gasteiger charge is -2.36. The minimum absolute atomic E-state index is 0.0102. The summed E-state index contributed by atoms with van der Waals surface area (Å²) in [7, 11) is 2.15. The molecule has 0 aromatic carbocycles. The molecule has 0 saturated carbocycles. The first-order valence-corrected chi connectivity index (χ1v) is 17.9. The van der Waals surface area contributed by atoms with E-state index in [2.05, 4.69) is 28.8 Å². The minimum Gasteiger partial charge on any atom is -0.475 e. The number of hydrogen-bond acceptors (Lipinski definition) is 8. The predicted molar refractivity (Wildman–Crippen MR) is 175 cm³/mol. The quantitative estimate of drug-likeness (QED) is 0.0613. The zero-order valence-corrected chi connectivity index (χ0v) is 28.5. The molecular weight excluding hydrogens is 562 g/mol. The Hall–Kier alpha value is -2.00. The number of esters is 2. The van der Waals surface area contributed by atoms with Gasteiger partial charge >= 0.3 is 11.9 Å². The van der Waals surface area contributed by atoms with Crippen molar-refractivity contribution in [3.63, 3.8) is 0 Å². The Morgan fingerprint density at radius 1 is 0.837 bits per heavy atom. The number of ether oxygens (including phenoxy) is 3. The summed E-state index contributed by atoms with van der Waals surface area (Å²) in [5.74, 6) is 0.497. The summed E-state index contributed by atoms with van der Waals surface area (Å²) in [6, 6.07) is 0. The number of hydrogen-bond donors (Lipinski definition) is 0. The molecular formula is C34H60N3O5S+. The van der Waals surface area contributed by atoms with Gasteiger partial charge in [-0.3, -0.25) is 14.1 Å². The van der Waals surface area contributed by atoms with Crippen LogP contribution in [0.15, 0.2) is 6.08 Å². The number of aromatic nitrogens is 2. The van der Waals surface area contributed by atoms with Gasteiger partial charge in [-0.1, -0.05) is 96.5 Å². The average Bonchev–Trinajstić information content (AvgIpc) is 3.44. The van der Waals surface area contributed by atoms with E-state index in [1.165, 1.54) is 82.4 Å². The molecule has 2 rings (SSSR count). The van der Waals surface area contributed by atoms with E-state index in [0.717, 1.165) is 62.9 Å². The molecule has 8 nitrogen and oxygen atoms in total. The maximum atomic E-state index is 12.5. The summed E-state index contributed by atoms with van der Waals surface area (Å²) in [6.45, 7) is 8.77. The molecule has 1 atom stereocenters. The zero-order chi connectivity index (χ0) is 31.2. The Labute approximate surface area is 265 Å². The van der Waals surface area contributed by atoms with Gasteiger partial charge in [0, 0.05) is 24.8 Å². The van der Waals surface area contributed by atoms with Crippen LogP contribution in [0.3, 0.4) is 0 Å². The fourth-order valence-electron chi connectivity index (χ4n) is 5.48. The number of nitrogens with zero attached hydrogens (tertiary/aromatic N) is 3. The second kappa shape index (κ2) is 22.5. The van der Waals surface area contributed by atoms with Crippen LogP contribution in [0, 0.1) is 0 Å². The molecule has 0 aliphatic carbocycles. The number of quaternary nitrogens is 1. The lowest BCUT2D eigenvalue weighted by molar-refractivity contribution is -0.919. The van der Waals surface area contributed by atoms with Crippen LogP contribution in [0.1, 0.15) is 148 Å². The molecule has 0 spiro atoms. The average molecular weight is 623 g/mol. The van der Waals surface area contributed by atoms with E-state index in [1.807, 2.05) is 13.8 Å². The highest BCUT2D eigenvalue weighted by Crippen LogP contribution is 2.30. The third-order valence-corrected chi connectivity index (χ3v) is 8.54. The minimum atomic E-state index is -0.0845. The molecule has 2 heterocycles. The number of likely N-dealkylation sites (N-methyl/N-ethyl adjacent to an activating group) is 1. The van der Waals surface area contributed by atoms with Gasteiger partial charge in [0.2, 0.25) is 6.73 Å². The molecule has 1 unspecified atom stereocenters. The third kappa shape index (κ3) is 17.2. The monoisotopic (exact) mass is 622 g/mol. The van der Waals surface area contributed by atoms with Crippen molar-refractivity contribution in [1.29, 1.82) is 0 Å². The number of carbonyl (C=O) groups is 2. The maximum Gasteiger partial charge on any atom is 0.310 e. The standard InChI is InChI=1S/C34H60N3O5S/c1-5-6-7-20-26-40-34-33(35-43-36-34)30-22-21-25-37(4,27-30)28-41-31(38)23-18-16-14-12-10-8-9-11-13-15-17-19-24-32(39)42-29(2)3/h22,29H,5-21,23-28H2,1-4H3/q+1. The van der Waals surface area contributed by atoms with E-state index >= 15 is 0 Å². The van der Waals surface area contributed by atoms with Crippen LogP contribution >= 0.6 is 11.7 Å². The summed E-state index contributed by atoms with van der Waals surface area (Å²) < 4.78 is 26.5. The number of rotatable bonds is 25.